The minimum absolute atomic E-state index is 0.149. The van der Waals surface area contributed by atoms with E-state index in [0.29, 0.717) is 18.8 Å². The molecule has 1 heterocycles. The van der Waals surface area contributed by atoms with Crippen molar-refractivity contribution in [2.75, 3.05) is 0 Å². The maximum atomic E-state index is 12.4. The van der Waals surface area contributed by atoms with Gasteiger partial charge < -0.3 is 20.1 Å². The van der Waals surface area contributed by atoms with E-state index in [-0.39, 0.29) is 17.3 Å². The molecular formula is C19H26O5. The number of hydrogen-bond donors (Lipinski definition) is 3. The molecular weight excluding hydrogens is 308 g/mol. The van der Waals surface area contributed by atoms with Crippen LogP contribution in [0.25, 0.3) is 0 Å². The Morgan fingerprint density at radius 1 is 1.29 bits per heavy atom. The van der Waals surface area contributed by atoms with Gasteiger partial charge in [0, 0.05) is 5.92 Å². The lowest BCUT2D eigenvalue weighted by molar-refractivity contribution is -0.193. The summed E-state index contributed by atoms with van der Waals surface area (Å²) in [5, 5.41) is 31.5. The van der Waals surface area contributed by atoms with Gasteiger partial charge in [-0.15, -0.1) is 0 Å². The smallest absolute Gasteiger partial charge is 0.307 e. The third kappa shape index (κ3) is 1.36. The van der Waals surface area contributed by atoms with E-state index >= 15 is 0 Å². The largest absolute Gasteiger partial charge is 0.481 e. The Bertz CT molecular complexity index is 646. The lowest BCUT2D eigenvalue weighted by Gasteiger charge is -2.46. The van der Waals surface area contributed by atoms with E-state index < -0.39 is 35.3 Å². The van der Waals surface area contributed by atoms with Gasteiger partial charge >= 0.3 is 5.97 Å². The number of hydrogen-bond acceptors (Lipinski definition) is 4. The highest BCUT2D eigenvalue weighted by molar-refractivity contribution is 5.74. The van der Waals surface area contributed by atoms with E-state index in [4.69, 9.17) is 4.74 Å². The van der Waals surface area contributed by atoms with Gasteiger partial charge in [0.2, 0.25) is 0 Å². The molecule has 4 aliphatic carbocycles. The SMILES string of the molecule is C=C1CC23CC1CCC2C12CCC(O)C(C)(C(O)O1)C2C3C(=O)O. The van der Waals surface area contributed by atoms with Crippen molar-refractivity contribution in [1.29, 1.82) is 0 Å². The maximum absolute atomic E-state index is 12.4. The Morgan fingerprint density at radius 3 is 2.75 bits per heavy atom. The predicted octanol–water partition coefficient (Wildman–Crippen LogP) is 1.93. The van der Waals surface area contributed by atoms with Crippen molar-refractivity contribution in [1.82, 2.24) is 0 Å². The first-order valence-corrected chi connectivity index (χ1v) is 9.22. The average molecular weight is 334 g/mol. The monoisotopic (exact) mass is 334 g/mol. The average Bonchev–Trinajstić information content (AvgIpc) is 2.98. The van der Waals surface area contributed by atoms with Crippen LogP contribution in [0.3, 0.4) is 0 Å². The molecule has 9 atom stereocenters. The second-order valence-electron chi connectivity index (χ2n) is 9.24. The van der Waals surface area contributed by atoms with Crippen molar-refractivity contribution in [2.45, 2.75) is 63.4 Å². The van der Waals surface area contributed by atoms with Crippen LogP contribution in [0.1, 0.15) is 45.4 Å². The first-order chi connectivity index (χ1) is 11.3. The van der Waals surface area contributed by atoms with Gasteiger partial charge in [0.1, 0.15) is 0 Å². The summed E-state index contributed by atoms with van der Waals surface area (Å²) >= 11 is 0. The number of rotatable bonds is 1. The predicted molar refractivity (Wildman–Crippen MR) is 84.8 cm³/mol. The molecule has 132 valence electrons. The highest BCUT2D eigenvalue weighted by Gasteiger charge is 2.82. The summed E-state index contributed by atoms with van der Waals surface area (Å²) in [6.45, 7) is 6.07. The summed E-state index contributed by atoms with van der Waals surface area (Å²) in [6.07, 6.45) is 3.08. The van der Waals surface area contributed by atoms with Crippen molar-refractivity contribution in [2.24, 2.45) is 34.5 Å². The first kappa shape index (κ1) is 15.4. The molecule has 0 aromatic heterocycles. The molecule has 0 radical (unpaired) electrons. The fourth-order valence-electron chi connectivity index (χ4n) is 7.84. The number of aliphatic carboxylic acids is 1. The molecule has 0 aromatic rings. The molecule has 4 bridgehead atoms. The van der Waals surface area contributed by atoms with E-state index in [1.807, 2.05) is 6.92 Å². The number of fused-ring (bicyclic) bond motifs is 1. The third-order valence-electron chi connectivity index (χ3n) is 8.65. The molecule has 5 fully saturated rings. The number of aliphatic hydroxyl groups is 2. The first-order valence-electron chi connectivity index (χ1n) is 9.22. The molecule has 0 amide bonds. The zero-order valence-electron chi connectivity index (χ0n) is 14.1. The van der Waals surface area contributed by atoms with Crippen molar-refractivity contribution in [3.63, 3.8) is 0 Å². The zero-order chi connectivity index (χ0) is 17.1. The molecule has 3 N–H and O–H groups in total. The van der Waals surface area contributed by atoms with Crippen LogP contribution in [0.15, 0.2) is 12.2 Å². The van der Waals surface area contributed by atoms with E-state index in [1.165, 1.54) is 5.57 Å². The molecule has 5 nitrogen and oxygen atoms in total. The Labute approximate surface area is 141 Å². The maximum Gasteiger partial charge on any atom is 0.307 e. The van der Waals surface area contributed by atoms with E-state index in [2.05, 4.69) is 6.58 Å². The molecule has 1 spiro atoms. The van der Waals surface area contributed by atoms with Gasteiger partial charge in [-0.1, -0.05) is 19.1 Å². The number of carbonyl (C=O) groups is 1. The van der Waals surface area contributed by atoms with Gasteiger partial charge in [0.15, 0.2) is 6.29 Å². The van der Waals surface area contributed by atoms with Gasteiger partial charge in [-0.2, -0.15) is 0 Å². The van der Waals surface area contributed by atoms with Crippen molar-refractivity contribution in [3.8, 4) is 0 Å². The molecule has 5 aliphatic rings. The van der Waals surface area contributed by atoms with Crippen LogP contribution in [0.2, 0.25) is 0 Å². The lowest BCUT2D eigenvalue weighted by Crippen LogP contribution is -2.53. The molecule has 9 unspecified atom stereocenters. The Balaban J connectivity index is 1.74. The van der Waals surface area contributed by atoms with Gasteiger partial charge in [-0.3, -0.25) is 4.79 Å². The molecule has 5 rings (SSSR count). The molecule has 5 heteroatoms. The molecule has 1 saturated heterocycles. The summed E-state index contributed by atoms with van der Waals surface area (Å²) < 4.78 is 6.20. The summed E-state index contributed by atoms with van der Waals surface area (Å²) in [5.74, 6) is -1.10. The van der Waals surface area contributed by atoms with E-state index in [1.54, 1.807) is 0 Å². The lowest BCUT2D eigenvalue weighted by atomic mass is 9.58. The van der Waals surface area contributed by atoms with Gasteiger partial charge in [0.25, 0.3) is 0 Å². The zero-order valence-corrected chi connectivity index (χ0v) is 14.1. The highest BCUT2D eigenvalue weighted by Crippen LogP contribution is 2.78. The normalized spacial score (nSPS) is 60.9. The summed E-state index contributed by atoms with van der Waals surface area (Å²) in [7, 11) is 0. The number of ether oxygens (including phenoxy) is 1. The van der Waals surface area contributed by atoms with Crippen LogP contribution in [0.5, 0.6) is 0 Å². The second kappa shape index (κ2) is 4.25. The van der Waals surface area contributed by atoms with Gasteiger partial charge in [-0.25, -0.2) is 0 Å². The Kier molecular flexibility index (Phi) is 2.72. The van der Waals surface area contributed by atoms with Crippen LogP contribution in [0, 0.1) is 34.5 Å². The van der Waals surface area contributed by atoms with Crippen LogP contribution in [-0.2, 0) is 9.53 Å². The standard InChI is InChI=1S/C19H26O5/c1-9-7-18-8-10(9)3-4-11(18)19-6-5-12(20)17(2,16(23)24-19)14(19)13(18)15(21)22/h10-14,16,20,23H,1,3-8H2,2H3,(H,21,22). The molecule has 4 saturated carbocycles. The molecule has 24 heavy (non-hydrogen) atoms. The minimum atomic E-state index is -1.08. The van der Waals surface area contributed by atoms with Crippen LogP contribution < -0.4 is 0 Å². The van der Waals surface area contributed by atoms with Crippen LogP contribution in [0.4, 0.5) is 0 Å². The minimum Gasteiger partial charge on any atom is -0.481 e. The highest BCUT2D eigenvalue weighted by atomic mass is 16.6. The quantitative estimate of drug-likeness (QED) is 0.638. The number of carboxylic acid groups (broad SMARTS) is 1. The number of allylic oxidation sites excluding steroid dienone is 1. The van der Waals surface area contributed by atoms with E-state index in [9.17, 15) is 20.1 Å². The molecule has 0 aromatic carbocycles. The van der Waals surface area contributed by atoms with Gasteiger partial charge in [-0.05, 0) is 55.8 Å². The van der Waals surface area contributed by atoms with Crippen LogP contribution >= 0.6 is 0 Å². The summed E-state index contributed by atoms with van der Waals surface area (Å²) in [4.78, 5) is 12.4. The number of carboxylic acids is 1. The van der Waals surface area contributed by atoms with Crippen molar-refractivity contribution in [3.05, 3.63) is 12.2 Å². The van der Waals surface area contributed by atoms with Crippen molar-refractivity contribution < 1.29 is 24.9 Å². The number of aliphatic hydroxyl groups excluding tert-OH is 2. The van der Waals surface area contributed by atoms with Crippen molar-refractivity contribution >= 4 is 5.97 Å². The second-order valence-corrected chi connectivity index (χ2v) is 9.24. The topological polar surface area (TPSA) is 87.0 Å². The van der Waals surface area contributed by atoms with Crippen LogP contribution in [-0.4, -0.2) is 39.3 Å². The molecule has 1 aliphatic heterocycles. The van der Waals surface area contributed by atoms with Gasteiger partial charge in [0.05, 0.1) is 23.0 Å². The fraction of sp³-hybridized carbons (Fsp3) is 0.842. The third-order valence-corrected chi connectivity index (χ3v) is 8.65. The summed E-state index contributed by atoms with van der Waals surface area (Å²) in [5.41, 5.74) is -0.596. The summed E-state index contributed by atoms with van der Waals surface area (Å²) in [6, 6.07) is 0. The van der Waals surface area contributed by atoms with E-state index in [0.717, 1.165) is 25.7 Å². The Morgan fingerprint density at radius 2 is 2.04 bits per heavy atom. The Hall–Kier alpha value is -0.910. The fourth-order valence-corrected chi connectivity index (χ4v) is 7.84.